The zero-order valence-corrected chi connectivity index (χ0v) is 28.4. The molecule has 0 spiro atoms. The monoisotopic (exact) mass is 670 g/mol. The van der Waals surface area contributed by atoms with Gasteiger partial charge >= 0.3 is 0 Å². The highest BCUT2D eigenvalue weighted by Crippen LogP contribution is 2.47. The van der Waals surface area contributed by atoms with Crippen molar-refractivity contribution < 1.29 is 0 Å². The summed E-state index contributed by atoms with van der Waals surface area (Å²) in [4.78, 5) is 23.1. The molecule has 2 aliphatic carbocycles. The molecule has 248 valence electrons. The van der Waals surface area contributed by atoms with Crippen LogP contribution >= 0.6 is 0 Å². The van der Waals surface area contributed by atoms with E-state index in [9.17, 15) is 0 Å². The first-order valence-electron chi connectivity index (χ1n) is 17.9. The molecule has 52 heavy (non-hydrogen) atoms. The molecule has 0 saturated carbocycles. The van der Waals surface area contributed by atoms with E-state index >= 15 is 0 Å². The van der Waals surface area contributed by atoms with Gasteiger partial charge in [0.25, 0.3) is 0 Å². The summed E-state index contributed by atoms with van der Waals surface area (Å²) in [6, 6.07) is 46.1. The van der Waals surface area contributed by atoms with Gasteiger partial charge in [-0.15, -0.1) is 0 Å². The Hall–Kier alpha value is -6.66. The lowest BCUT2D eigenvalue weighted by Gasteiger charge is -2.35. The van der Waals surface area contributed by atoms with Crippen LogP contribution in [0.5, 0.6) is 0 Å². The third-order valence-corrected chi connectivity index (χ3v) is 10.3. The van der Waals surface area contributed by atoms with Crippen LogP contribution in [0.4, 0.5) is 11.6 Å². The van der Waals surface area contributed by atoms with E-state index < -0.39 is 0 Å². The number of para-hydroxylation sites is 2. The zero-order chi connectivity index (χ0) is 34.4. The van der Waals surface area contributed by atoms with E-state index in [1.54, 1.807) is 0 Å². The van der Waals surface area contributed by atoms with Gasteiger partial charge in [0.2, 0.25) is 5.95 Å². The van der Waals surface area contributed by atoms with Crippen molar-refractivity contribution in [3.05, 3.63) is 175 Å². The number of rotatable bonds is 5. The summed E-state index contributed by atoms with van der Waals surface area (Å²) in [6.45, 7) is 0. The van der Waals surface area contributed by atoms with Crippen molar-refractivity contribution in [2.24, 2.45) is 5.92 Å². The molecule has 2 atom stereocenters. The van der Waals surface area contributed by atoms with Crippen molar-refractivity contribution >= 4 is 28.4 Å². The van der Waals surface area contributed by atoms with Crippen molar-refractivity contribution in [2.75, 3.05) is 4.90 Å². The van der Waals surface area contributed by atoms with Crippen LogP contribution in [0.1, 0.15) is 12.8 Å². The van der Waals surface area contributed by atoms with E-state index in [0.29, 0.717) is 17.5 Å². The smallest absolute Gasteiger partial charge is 0.216 e. The van der Waals surface area contributed by atoms with E-state index in [1.165, 1.54) is 11.3 Å². The fourth-order valence-corrected chi connectivity index (χ4v) is 7.84. The Morgan fingerprint density at radius 1 is 0.538 bits per heavy atom. The maximum absolute atomic E-state index is 5.39. The highest BCUT2D eigenvalue weighted by molar-refractivity contribution is 5.90. The predicted molar refractivity (Wildman–Crippen MR) is 211 cm³/mol. The van der Waals surface area contributed by atoms with Crippen LogP contribution < -0.4 is 4.90 Å². The fraction of sp³-hybridized carbons (Fsp3) is 0.0870. The van der Waals surface area contributed by atoms with Crippen LogP contribution in [0.3, 0.4) is 0 Å². The second kappa shape index (κ2) is 12.6. The number of hydrogen-bond donors (Lipinski definition) is 0. The Labute approximate surface area is 302 Å². The van der Waals surface area contributed by atoms with Gasteiger partial charge < -0.3 is 4.90 Å². The normalized spacial score (nSPS) is 17.5. The molecule has 10 rings (SSSR count). The first-order valence-corrected chi connectivity index (χ1v) is 17.9. The molecule has 6 nitrogen and oxygen atoms in total. The SMILES string of the molecule is C1=CC2C3=C(C=CCC3)n3c(nc4ccccc43)N(c3cc(-c4ccccc4)cc(-c4nc(-c5ccccc5)nc(-c5ccccc5)n4)c3)C2C=C1. The molecule has 0 N–H and O–H groups in total. The Kier molecular flexibility index (Phi) is 7.31. The van der Waals surface area contributed by atoms with Gasteiger partial charge in [-0.3, -0.25) is 4.57 Å². The quantitative estimate of drug-likeness (QED) is 0.182. The van der Waals surface area contributed by atoms with E-state index in [2.05, 4.69) is 119 Å². The molecule has 0 radical (unpaired) electrons. The van der Waals surface area contributed by atoms with E-state index in [0.717, 1.165) is 63.3 Å². The molecule has 0 fully saturated rings. The summed E-state index contributed by atoms with van der Waals surface area (Å²) >= 11 is 0. The second-order valence-corrected chi connectivity index (χ2v) is 13.4. The first kappa shape index (κ1) is 30.2. The topological polar surface area (TPSA) is 59.7 Å². The van der Waals surface area contributed by atoms with Crippen LogP contribution in [0.2, 0.25) is 0 Å². The van der Waals surface area contributed by atoms with E-state index in [1.807, 2.05) is 60.7 Å². The highest BCUT2D eigenvalue weighted by atomic mass is 15.3. The fourth-order valence-electron chi connectivity index (χ4n) is 7.84. The Morgan fingerprint density at radius 2 is 1.13 bits per heavy atom. The number of hydrogen-bond acceptors (Lipinski definition) is 5. The molecule has 0 saturated heterocycles. The summed E-state index contributed by atoms with van der Waals surface area (Å²) < 4.78 is 2.37. The van der Waals surface area contributed by atoms with Crippen LogP contribution in [-0.2, 0) is 0 Å². The highest BCUT2D eigenvalue weighted by Gasteiger charge is 2.38. The lowest BCUT2D eigenvalue weighted by Crippen LogP contribution is -2.37. The number of allylic oxidation sites excluding steroid dienone is 5. The van der Waals surface area contributed by atoms with Gasteiger partial charge in [-0.2, -0.15) is 0 Å². The Balaban J connectivity index is 1.24. The molecule has 7 aromatic rings. The number of imidazole rings is 1. The van der Waals surface area contributed by atoms with Crippen molar-refractivity contribution in [2.45, 2.75) is 18.9 Å². The number of nitrogens with zero attached hydrogens (tertiary/aromatic N) is 6. The lowest BCUT2D eigenvalue weighted by molar-refractivity contribution is 0.612. The molecule has 2 aromatic heterocycles. The summed E-state index contributed by atoms with van der Waals surface area (Å²) in [6.07, 6.45) is 15.7. The van der Waals surface area contributed by atoms with Gasteiger partial charge in [0.05, 0.1) is 17.1 Å². The molecule has 3 aliphatic rings. The van der Waals surface area contributed by atoms with Crippen LogP contribution in [0.15, 0.2) is 175 Å². The summed E-state index contributed by atoms with van der Waals surface area (Å²) in [5, 5.41) is 0. The van der Waals surface area contributed by atoms with E-state index in [4.69, 9.17) is 19.9 Å². The molecule has 2 unspecified atom stereocenters. The van der Waals surface area contributed by atoms with Gasteiger partial charge in [0.1, 0.15) is 0 Å². The number of anilines is 2. The maximum atomic E-state index is 5.39. The number of benzene rings is 5. The van der Waals surface area contributed by atoms with Gasteiger partial charge in [0.15, 0.2) is 17.5 Å². The third kappa shape index (κ3) is 5.19. The standard InChI is InChI=1S/C46H34N6/c1-4-16-31(17-5-1)34-28-35(45-49-43(32-18-6-2-7-19-32)48-44(50-45)33-20-8-3-9-21-33)30-36(29-34)51-40-25-13-10-22-37(40)38-23-11-14-26-41(38)52-42-27-15-12-24-39(42)47-46(51)52/h1-10,12-22,24-30,37,40H,11,23H2. The molecular formula is C46H34N6. The average Bonchev–Trinajstić information content (AvgIpc) is 3.55. The van der Waals surface area contributed by atoms with Crippen LogP contribution in [-0.4, -0.2) is 30.5 Å². The average molecular weight is 671 g/mol. The Morgan fingerprint density at radius 3 is 1.85 bits per heavy atom. The van der Waals surface area contributed by atoms with Crippen molar-refractivity contribution in [1.82, 2.24) is 24.5 Å². The largest absolute Gasteiger partial charge is 0.304 e. The second-order valence-electron chi connectivity index (χ2n) is 13.4. The maximum Gasteiger partial charge on any atom is 0.216 e. The predicted octanol–water partition coefficient (Wildman–Crippen LogP) is 10.7. The van der Waals surface area contributed by atoms with Gasteiger partial charge in [-0.1, -0.05) is 134 Å². The van der Waals surface area contributed by atoms with Crippen LogP contribution in [0, 0.1) is 5.92 Å². The van der Waals surface area contributed by atoms with Gasteiger partial charge in [-0.25, -0.2) is 19.9 Å². The number of fused-ring (bicyclic) bond motifs is 6. The molecule has 1 aliphatic heterocycles. The van der Waals surface area contributed by atoms with Crippen molar-refractivity contribution in [1.29, 1.82) is 0 Å². The summed E-state index contributed by atoms with van der Waals surface area (Å²) in [5.74, 6) is 2.97. The minimum Gasteiger partial charge on any atom is -0.304 e. The zero-order valence-electron chi connectivity index (χ0n) is 28.4. The van der Waals surface area contributed by atoms with Crippen molar-refractivity contribution in [3.8, 4) is 45.3 Å². The summed E-state index contributed by atoms with van der Waals surface area (Å²) in [5.41, 5.74) is 10.7. The van der Waals surface area contributed by atoms with Crippen molar-refractivity contribution in [3.63, 3.8) is 0 Å². The number of aromatic nitrogens is 5. The van der Waals surface area contributed by atoms with Gasteiger partial charge in [-0.05, 0) is 65.9 Å². The minimum absolute atomic E-state index is 0.0107. The first-order chi connectivity index (χ1) is 25.8. The van der Waals surface area contributed by atoms with E-state index in [-0.39, 0.29) is 12.0 Å². The van der Waals surface area contributed by atoms with Crippen LogP contribution in [0.25, 0.3) is 62.0 Å². The van der Waals surface area contributed by atoms with Gasteiger partial charge in [0, 0.05) is 34.0 Å². The lowest BCUT2D eigenvalue weighted by atomic mass is 9.82. The molecule has 5 aromatic carbocycles. The molecule has 3 heterocycles. The molecule has 6 heteroatoms. The minimum atomic E-state index is 0.0107. The summed E-state index contributed by atoms with van der Waals surface area (Å²) in [7, 11) is 0. The Bertz CT molecular complexity index is 2520. The third-order valence-electron chi connectivity index (χ3n) is 10.3. The molecular weight excluding hydrogens is 637 g/mol. The molecule has 0 amide bonds. The molecule has 0 bridgehead atoms.